The molecule has 1 N–H and O–H groups in total. The number of phenolic OH excluding ortho intramolecular Hbond substituents is 1. The first kappa shape index (κ1) is 24.1. The van der Waals surface area contributed by atoms with E-state index in [0.29, 0.717) is 16.7 Å². The van der Waals surface area contributed by atoms with Gasteiger partial charge in [0.1, 0.15) is 5.75 Å². The Kier molecular flexibility index (Phi) is 6.09. The van der Waals surface area contributed by atoms with Gasteiger partial charge in [0, 0.05) is 29.1 Å². The van der Waals surface area contributed by atoms with Crippen LogP contribution in [0.25, 0.3) is 0 Å². The molecular weight excluding hydrogens is 446 g/mol. The third-order valence-electron chi connectivity index (χ3n) is 5.31. The molecule has 3 aromatic rings. The average Bonchev–Trinajstić information content (AvgIpc) is 3.09. The van der Waals surface area contributed by atoms with Gasteiger partial charge < -0.3 is 5.11 Å². The van der Waals surface area contributed by atoms with Crippen LogP contribution in [-0.4, -0.2) is 23.3 Å². The summed E-state index contributed by atoms with van der Waals surface area (Å²) in [4.78, 5) is 13.5. The van der Waals surface area contributed by atoms with Crippen LogP contribution in [0.4, 0.5) is 0 Å². The summed E-state index contributed by atoms with van der Waals surface area (Å²) < 4.78 is 26.8. The normalized spacial score (nSPS) is 12.7. The van der Waals surface area contributed by atoms with Crippen molar-refractivity contribution in [1.29, 1.82) is 0 Å². The monoisotopic (exact) mass is 473 g/mol. The molecule has 0 saturated heterocycles. The zero-order valence-electron chi connectivity index (χ0n) is 19.1. The number of aromatic nitrogens is 1. The number of ketones is 1. The molecule has 0 spiro atoms. The highest BCUT2D eigenvalue weighted by Gasteiger charge is 2.29. The molecule has 2 aromatic carbocycles. The standard InChI is InChI=1S/C25H28ClNO4S/c1-24(2,3)19-12-16(13-20(23(19)29)25(4,5)6)22(28)18-14-27(15-21(18)26)32(30,31)17-10-8-7-9-11-17/h7-15,29H,1-6H3. The van der Waals surface area contributed by atoms with Crippen LogP contribution in [-0.2, 0) is 20.9 Å². The molecule has 0 unspecified atom stereocenters. The van der Waals surface area contributed by atoms with Crippen LogP contribution in [0.3, 0.4) is 0 Å². The lowest BCUT2D eigenvalue weighted by molar-refractivity contribution is 0.103. The van der Waals surface area contributed by atoms with Crippen molar-refractivity contribution in [2.45, 2.75) is 57.3 Å². The number of aromatic hydroxyl groups is 1. The molecule has 32 heavy (non-hydrogen) atoms. The third kappa shape index (κ3) is 4.48. The molecule has 0 aliphatic carbocycles. The Morgan fingerprint density at radius 3 is 1.88 bits per heavy atom. The second kappa shape index (κ2) is 8.09. The van der Waals surface area contributed by atoms with E-state index in [4.69, 9.17) is 11.6 Å². The van der Waals surface area contributed by atoms with E-state index in [1.807, 2.05) is 41.5 Å². The van der Waals surface area contributed by atoms with Crippen LogP contribution in [0.5, 0.6) is 5.75 Å². The molecular formula is C25H28ClNO4S. The number of benzene rings is 2. The zero-order valence-corrected chi connectivity index (χ0v) is 20.7. The maximum absolute atomic E-state index is 13.4. The number of hydrogen-bond acceptors (Lipinski definition) is 4. The van der Waals surface area contributed by atoms with E-state index >= 15 is 0 Å². The van der Waals surface area contributed by atoms with Crippen molar-refractivity contribution in [3.8, 4) is 5.75 Å². The van der Waals surface area contributed by atoms with Crippen molar-refractivity contribution < 1.29 is 18.3 Å². The topological polar surface area (TPSA) is 76.4 Å². The van der Waals surface area contributed by atoms with E-state index in [1.54, 1.807) is 30.3 Å². The van der Waals surface area contributed by atoms with Crippen LogP contribution in [0.2, 0.25) is 5.02 Å². The van der Waals surface area contributed by atoms with Gasteiger partial charge in [0.25, 0.3) is 10.0 Å². The van der Waals surface area contributed by atoms with Crippen LogP contribution in [0.1, 0.15) is 68.6 Å². The van der Waals surface area contributed by atoms with Crippen molar-refractivity contribution in [3.63, 3.8) is 0 Å². The molecule has 1 aromatic heterocycles. The van der Waals surface area contributed by atoms with Gasteiger partial charge in [0.15, 0.2) is 5.78 Å². The van der Waals surface area contributed by atoms with E-state index in [1.165, 1.54) is 24.5 Å². The maximum atomic E-state index is 13.4. The molecule has 0 radical (unpaired) electrons. The molecule has 3 rings (SSSR count). The molecule has 0 fully saturated rings. The summed E-state index contributed by atoms with van der Waals surface area (Å²) in [6.07, 6.45) is 2.47. The zero-order chi connectivity index (χ0) is 24.1. The van der Waals surface area contributed by atoms with Gasteiger partial charge in [0.05, 0.1) is 15.5 Å². The van der Waals surface area contributed by atoms with Crippen LogP contribution < -0.4 is 0 Å². The smallest absolute Gasteiger partial charge is 0.267 e. The van der Waals surface area contributed by atoms with Gasteiger partial charge in [-0.05, 0) is 35.1 Å². The summed E-state index contributed by atoms with van der Waals surface area (Å²) in [6, 6.07) is 11.3. The first-order chi connectivity index (χ1) is 14.6. The molecule has 0 aliphatic heterocycles. The van der Waals surface area contributed by atoms with Gasteiger partial charge in [-0.3, -0.25) is 4.79 Å². The Morgan fingerprint density at radius 2 is 1.41 bits per heavy atom. The van der Waals surface area contributed by atoms with Crippen molar-refractivity contribution in [3.05, 3.63) is 82.1 Å². The van der Waals surface area contributed by atoms with Crippen LogP contribution in [0, 0.1) is 0 Å². The van der Waals surface area contributed by atoms with Crippen molar-refractivity contribution in [1.82, 2.24) is 3.97 Å². The van der Waals surface area contributed by atoms with Gasteiger partial charge in [0.2, 0.25) is 0 Å². The van der Waals surface area contributed by atoms with Crippen molar-refractivity contribution >= 4 is 27.4 Å². The quantitative estimate of drug-likeness (QED) is 0.478. The molecule has 0 atom stereocenters. The predicted molar refractivity (Wildman–Crippen MR) is 127 cm³/mol. The number of nitrogens with zero attached hydrogens (tertiary/aromatic N) is 1. The summed E-state index contributed by atoms with van der Waals surface area (Å²) in [5.74, 6) is -0.245. The number of rotatable bonds is 4. The largest absolute Gasteiger partial charge is 0.507 e. The van der Waals surface area contributed by atoms with Gasteiger partial charge in [-0.25, -0.2) is 12.4 Å². The van der Waals surface area contributed by atoms with E-state index in [0.717, 1.165) is 3.97 Å². The first-order valence-corrected chi connectivity index (χ1v) is 12.1. The molecule has 0 bridgehead atoms. The van der Waals surface area contributed by atoms with Crippen LogP contribution >= 0.6 is 11.6 Å². The number of carbonyl (C=O) groups excluding carboxylic acids is 1. The SMILES string of the molecule is CC(C)(C)c1cc(C(=O)c2cn(S(=O)(=O)c3ccccc3)cc2Cl)cc(C(C)(C)C)c1O. The minimum atomic E-state index is -3.89. The average molecular weight is 474 g/mol. The van der Waals surface area contributed by atoms with Gasteiger partial charge in [-0.2, -0.15) is 0 Å². The van der Waals surface area contributed by atoms with Crippen molar-refractivity contribution in [2.75, 3.05) is 0 Å². The molecule has 7 heteroatoms. The molecule has 5 nitrogen and oxygen atoms in total. The maximum Gasteiger partial charge on any atom is 0.267 e. The Balaban J connectivity index is 2.15. The molecule has 0 aliphatic rings. The summed E-state index contributed by atoms with van der Waals surface area (Å²) in [5.41, 5.74) is 0.881. The molecule has 170 valence electrons. The third-order valence-corrected chi connectivity index (χ3v) is 7.24. The molecule has 1 heterocycles. The molecule has 0 saturated carbocycles. The summed E-state index contributed by atoms with van der Waals surface area (Å²) in [7, 11) is -3.89. The lowest BCUT2D eigenvalue weighted by Gasteiger charge is -2.28. The minimum Gasteiger partial charge on any atom is -0.507 e. The van der Waals surface area contributed by atoms with Crippen LogP contribution in [0.15, 0.2) is 59.8 Å². The van der Waals surface area contributed by atoms with E-state index in [9.17, 15) is 18.3 Å². The number of phenols is 1. The lowest BCUT2D eigenvalue weighted by atomic mass is 9.78. The number of hydrogen-bond donors (Lipinski definition) is 1. The highest BCUT2D eigenvalue weighted by molar-refractivity contribution is 7.90. The summed E-state index contributed by atoms with van der Waals surface area (Å²) in [5, 5.41) is 10.9. The Hall–Kier alpha value is -2.57. The second-order valence-corrected chi connectivity index (χ2v) is 12.2. The summed E-state index contributed by atoms with van der Waals surface area (Å²) in [6.45, 7) is 11.7. The fourth-order valence-electron chi connectivity index (χ4n) is 3.49. The van der Waals surface area contributed by atoms with E-state index < -0.39 is 26.6 Å². The van der Waals surface area contributed by atoms with E-state index in [2.05, 4.69) is 0 Å². The Bertz CT molecular complexity index is 1240. The van der Waals surface area contributed by atoms with Gasteiger partial charge in [-0.1, -0.05) is 71.3 Å². The second-order valence-electron chi connectivity index (χ2n) is 9.92. The van der Waals surface area contributed by atoms with E-state index in [-0.39, 0.29) is 21.2 Å². The fraction of sp³-hybridized carbons (Fsp3) is 0.320. The fourth-order valence-corrected chi connectivity index (χ4v) is 5.02. The minimum absolute atomic E-state index is 0.0391. The number of carbonyl (C=O) groups is 1. The molecule has 0 amide bonds. The lowest BCUT2D eigenvalue weighted by Crippen LogP contribution is -2.19. The Labute approximate surface area is 194 Å². The highest BCUT2D eigenvalue weighted by Crippen LogP contribution is 2.40. The summed E-state index contributed by atoms with van der Waals surface area (Å²) >= 11 is 6.32. The number of halogens is 1. The first-order valence-electron chi connectivity index (χ1n) is 10.2. The Morgan fingerprint density at radius 1 is 0.906 bits per heavy atom. The van der Waals surface area contributed by atoms with Gasteiger partial charge in [-0.15, -0.1) is 0 Å². The predicted octanol–water partition coefficient (Wildman–Crippen LogP) is 5.91. The van der Waals surface area contributed by atoms with Crippen molar-refractivity contribution in [2.24, 2.45) is 0 Å². The highest BCUT2D eigenvalue weighted by atomic mass is 35.5. The van der Waals surface area contributed by atoms with Gasteiger partial charge >= 0.3 is 0 Å².